The molecule has 0 spiro atoms. The Morgan fingerprint density at radius 1 is 1.12 bits per heavy atom. The Morgan fingerprint density at radius 3 is 2.35 bits per heavy atom. The molecule has 3 nitrogen and oxygen atoms in total. The Bertz CT molecular complexity index is 694. The monoisotopic (exact) mass is 249 g/mol. The van der Waals surface area contributed by atoms with Crippen LogP contribution < -0.4 is 10.9 Å². The Hall–Kier alpha value is -1.34. The molecule has 2 aromatic rings. The lowest BCUT2D eigenvalue weighted by Gasteiger charge is -2.14. The molecule has 1 aromatic carbocycles. The molecule has 0 bridgehead atoms. The molecule has 0 radical (unpaired) electrons. The summed E-state index contributed by atoms with van der Waals surface area (Å²) < 4.78 is 13.9. The summed E-state index contributed by atoms with van der Waals surface area (Å²) in [4.78, 5) is 12.0. The minimum atomic E-state index is -2.38. The first-order valence-corrected chi connectivity index (χ1v) is 8.07. The van der Waals surface area contributed by atoms with Gasteiger partial charge in [-0.3, -0.25) is 4.79 Å². The van der Waals surface area contributed by atoms with Crippen LogP contribution in [0.15, 0.2) is 29.2 Å². The van der Waals surface area contributed by atoms with Gasteiger partial charge in [0.2, 0.25) is 0 Å². The topological polar surface area (TPSA) is 39.1 Å². The van der Waals surface area contributed by atoms with E-state index in [9.17, 15) is 9.36 Å². The number of benzene rings is 1. The Morgan fingerprint density at radius 2 is 1.76 bits per heavy atom. The van der Waals surface area contributed by atoms with Gasteiger partial charge in [-0.2, -0.15) is 0 Å². The zero-order valence-electron chi connectivity index (χ0n) is 10.5. The van der Waals surface area contributed by atoms with Gasteiger partial charge in [-0.1, -0.05) is 6.07 Å². The fourth-order valence-electron chi connectivity index (χ4n) is 2.23. The predicted molar refractivity (Wildman–Crippen MR) is 73.0 cm³/mol. The number of rotatable bonds is 1. The van der Waals surface area contributed by atoms with Gasteiger partial charge in [-0.25, -0.2) is 0 Å². The quantitative estimate of drug-likeness (QED) is 0.726. The van der Waals surface area contributed by atoms with Crippen LogP contribution in [-0.2, 0) is 11.6 Å². The second kappa shape index (κ2) is 3.85. The third-order valence-corrected chi connectivity index (χ3v) is 4.64. The molecule has 0 amide bonds. The highest BCUT2D eigenvalue weighted by molar-refractivity contribution is 7.70. The number of aromatic nitrogens is 1. The maximum Gasteiger partial charge on any atom is 0.258 e. The van der Waals surface area contributed by atoms with E-state index in [0.717, 1.165) is 16.3 Å². The zero-order valence-corrected chi connectivity index (χ0v) is 11.4. The lowest BCUT2D eigenvalue weighted by Crippen LogP contribution is -2.19. The molecule has 4 heteroatoms. The average molecular weight is 249 g/mol. The summed E-state index contributed by atoms with van der Waals surface area (Å²) in [7, 11) is -0.663. The van der Waals surface area contributed by atoms with Crippen molar-refractivity contribution in [3.05, 3.63) is 40.3 Å². The van der Waals surface area contributed by atoms with E-state index in [4.69, 9.17) is 0 Å². The van der Waals surface area contributed by atoms with E-state index in [1.807, 2.05) is 25.1 Å². The van der Waals surface area contributed by atoms with Crippen LogP contribution >= 0.6 is 7.14 Å². The predicted octanol–water partition coefficient (Wildman–Crippen LogP) is 2.09. The molecule has 1 heterocycles. The molecule has 90 valence electrons. The highest BCUT2D eigenvalue weighted by atomic mass is 31.2. The van der Waals surface area contributed by atoms with Gasteiger partial charge in [0.25, 0.3) is 5.56 Å². The molecule has 17 heavy (non-hydrogen) atoms. The number of hydrogen-bond donors (Lipinski definition) is 0. The summed E-state index contributed by atoms with van der Waals surface area (Å²) in [5.74, 6) is 0. The number of pyridine rings is 1. The zero-order chi connectivity index (χ0) is 12.8. The SMILES string of the molecule is Cc1ccc2c(=O)n(C)ccc2c1P(C)(C)=O. The normalized spacial score (nSPS) is 12.0. The lowest BCUT2D eigenvalue weighted by molar-refractivity contribution is 0.588. The highest BCUT2D eigenvalue weighted by Gasteiger charge is 2.18. The van der Waals surface area contributed by atoms with Crippen molar-refractivity contribution in [3.63, 3.8) is 0 Å². The van der Waals surface area contributed by atoms with Crippen molar-refractivity contribution < 1.29 is 4.57 Å². The van der Waals surface area contributed by atoms with E-state index in [0.29, 0.717) is 5.39 Å². The van der Waals surface area contributed by atoms with Crippen molar-refractivity contribution in [2.75, 3.05) is 13.3 Å². The molecule has 0 N–H and O–H groups in total. The van der Waals surface area contributed by atoms with Gasteiger partial charge in [0.1, 0.15) is 7.14 Å². The van der Waals surface area contributed by atoms with Crippen LogP contribution in [0, 0.1) is 6.92 Å². The minimum Gasteiger partial charge on any atom is -0.319 e. The van der Waals surface area contributed by atoms with Crippen molar-refractivity contribution in [2.45, 2.75) is 6.92 Å². The molecule has 0 fully saturated rings. The Balaban J connectivity index is 3.04. The van der Waals surface area contributed by atoms with Crippen LogP contribution in [0.4, 0.5) is 0 Å². The third-order valence-electron chi connectivity index (χ3n) is 2.97. The first-order chi connectivity index (χ1) is 7.82. The molecular formula is C13H16NO2P. The summed E-state index contributed by atoms with van der Waals surface area (Å²) in [5.41, 5.74) is 0.941. The molecule has 0 aliphatic heterocycles. The Kier molecular flexibility index (Phi) is 2.75. The number of aryl methyl sites for hydroxylation is 2. The molecule has 0 saturated carbocycles. The summed E-state index contributed by atoms with van der Waals surface area (Å²) >= 11 is 0. The van der Waals surface area contributed by atoms with Crippen LogP contribution in [0.3, 0.4) is 0 Å². The maximum atomic E-state index is 12.3. The largest absolute Gasteiger partial charge is 0.319 e. The van der Waals surface area contributed by atoms with E-state index in [1.54, 1.807) is 26.6 Å². The van der Waals surface area contributed by atoms with Gasteiger partial charge < -0.3 is 9.13 Å². The molecule has 0 atom stereocenters. The van der Waals surface area contributed by atoms with E-state index < -0.39 is 7.14 Å². The smallest absolute Gasteiger partial charge is 0.258 e. The highest BCUT2D eigenvalue weighted by Crippen LogP contribution is 2.38. The number of nitrogens with zero attached hydrogens (tertiary/aromatic N) is 1. The van der Waals surface area contributed by atoms with Crippen LogP contribution in [0.2, 0.25) is 0 Å². The van der Waals surface area contributed by atoms with E-state index in [-0.39, 0.29) is 5.56 Å². The van der Waals surface area contributed by atoms with Gasteiger partial charge in [0, 0.05) is 23.9 Å². The average Bonchev–Trinajstić information content (AvgIpc) is 2.21. The van der Waals surface area contributed by atoms with Crippen LogP contribution in [-0.4, -0.2) is 17.9 Å². The molecular weight excluding hydrogens is 233 g/mol. The standard InChI is InChI=1S/C13H16NO2P/c1-9-5-6-11-10(12(9)17(3,4)16)7-8-14(2)13(11)15/h5-8H,1-4H3. The van der Waals surface area contributed by atoms with Gasteiger partial charge in [-0.15, -0.1) is 0 Å². The van der Waals surface area contributed by atoms with Crippen molar-refractivity contribution in [2.24, 2.45) is 7.05 Å². The maximum absolute atomic E-state index is 12.3. The second-order valence-corrected chi connectivity index (χ2v) is 7.92. The molecule has 0 aliphatic carbocycles. The number of hydrogen-bond acceptors (Lipinski definition) is 2. The first-order valence-electron chi connectivity index (χ1n) is 5.47. The van der Waals surface area contributed by atoms with Crippen LogP contribution in [0.25, 0.3) is 10.8 Å². The van der Waals surface area contributed by atoms with Gasteiger partial charge >= 0.3 is 0 Å². The lowest BCUT2D eigenvalue weighted by atomic mass is 10.1. The summed E-state index contributed by atoms with van der Waals surface area (Å²) in [6, 6.07) is 5.56. The third kappa shape index (κ3) is 1.96. The van der Waals surface area contributed by atoms with E-state index in [1.165, 1.54) is 4.57 Å². The fourth-order valence-corrected chi connectivity index (χ4v) is 3.93. The van der Waals surface area contributed by atoms with Crippen molar-refractivity contribution >= 4 is 23.2 Å². The molecule has 0 unspecified atom stereocenters. The first kappa shape index (κ1) is 12.1. The van der Waals surface area contributed by atoms with Gasteiger partial charge in [0.15, 0.2) is 0 Å². The van der Waals surface area contributed by atoms with Gasteiger partial charge in [-0.05, 0) is 43.3 Å². The number of fused-ring (bicyclic) bond motifs is 1. The minimum absolute atomic E-state index is 0.0443. The molecule has 1 aromatic heterocycles. The van der Waals surface area contributed by atoms with E-state index >= 15 is 0 Å². The second-order valence-electron chi connectivity index (χ2n) is 4.77. The fraction of sp³-hybridized carbons (Fsp3) is 0.308. The van der Waals surface area contributed by atoms with Crippen molar-refractivity contribution in [1.29, 1.82) is 0 Å². The molecule has 0 aliphatic rings. The van der Waals surface area contributed by atoms with Crippen LogP contribution in [0.1, 0.15) is 5.56 Å². The van der Waals surface area contributed by atoms with Crippen molar-refractivity contribution in [1.82, 2.24) is 4.57 Å². The molecule has 2 rings (SSSR count). The summed E-state index contributed by atoms with van der Waals surface area (Å²) in [5, 5.41) is 2.29. The molecule has 0 saturated heterocycles. The van der Waals surface area contributed by atoms with Gasteiger partial charge in [0.05, 0.1) is 0 Å². The Labute approximate surface area is 100 Å². The van der Waals surface area contributed by atoms with Crippen molar-refractivity contribution in [3.8, 4) is 0 Å². The summed E-state index contributed by atoms with van der Waals surface area (Å²) in [6.07, 6.45) is 1.73. The van der Waals surface area contributed by atoms with E-state index in [2.05, 4.69) is 0 Å². The van der Waals surface area contributed by atoms with Crippen LogP contribution in [0.5, 0.6) is 0 Å². The summed E-state index contributed by atoms with van der Waals surface area (Å²) in [6.45, 7) is 5.42.